The molecule has 0 amide bonds. The minimum absolute atomic E-state index is 0.859. The van der Waals surface area contributed by atoms with E-state index in [1.807, 2.05) is 0 Å². The molecule has 0 radical (unpaired) electrons. The van der Waals surface area contributed by atoms with Crippen LogP contribution in [0.2, 0.25) is 0 Å². The Bertz CT molecular complexity index is 303. The van der Waals surface area contributed by atoms with E-state index in [1.54, 1.807) is 0 Å². The molecule has 0 atom stereocenters. The maximum absolute atomic E-state index is 13.0. The monoisotopic (exact) mass is 188 g/mol. The summed E-state index contributed by atoms with van der Waals surface area (Å²) in [6, 6.07) is 1.37. The number of aromatic nitrogens is 2. The number of esters is 1. The lowest BCUT2D eigenvalue weighted by Crippen LogP contribution is -2.29. The molecule has 0 saturated carbocycles. The zero-order valence-corrected chi connectivity index (χ0v) is 6.70. The van der Waals surface area contributed by atoms with E-state index in [0.717, 1.165) is 19.5 Å². The Balaban J connectivity index is 3.00. The average Bonchev–Trinajstić information content (AvgIpc) is 2.18. The number of alkyl halides is 2. The molecule has 0 saturated heterocycles. The van der Waals surface area contributed by atoms with Gasteiger partial charge >= 0.3 is 11.9 Å². The van der Waals surface area contributed by atoms with E-state index in [-0.39, 0.29) is 0 Å². The summed E-state index contributed by atoms with van der Waals surface area (Å²) >= 11 is 0. The molecule has 1 heterocycles. The van der Waals surface area contributed by atoms with E-state index in [1.165, 1.54) is 6.07 Å². The molecule has 0 unspecified atom stereocenters. The highest BCUT2D eigenvalue weighted by Crippen LogP contribution is 2.25. The van der Waals surface area contributed by atoms with Gasteiger partial charge in [0.15, 0.2) is 0 Å². The summed E-state index contributed by atoms with van der Waals surface area (Å²) < 4.78 is 29.8. The van der Waals surface area contributed by atoms with Crippen molar-refractivity contribution >= 4 is 5.97 Å². The first-order chi connectivity index (χ1) is 6.09. The molecule has 0 fully saturated rings. The van der Waals surface area contributed by atoms with Gasteiger partial charge in [0.25, 0.3) is 0 Å². The Morgan fingerprint density at radius 1 is 1.46 bits per heavy atom. The van der Waals surface area contributed by atoms with Gasteiger partial charge < -0.3 is 4.74 Å². The van der Waals surface area contributed by atoms with Crippen molar-refractivity contribution in [3.63, 3.8) is 0 Å². The zero-order valence-electron chi connectivity index (χ0n) is 6.70. The standard InChI is InChI=1S/C7H6F2N2O2/c1-13-6(12)7(8,9)5-10-3-2-4-11-5/h2-4H,1H3. The molecule has 4 nitrogen and oxygen atoms in total. The molecule has 0 aliphatic carbocycles. The number of nitrogens with zero attached hydrogens (tertiary/aromatic N) is 2. The second-order valence-electron chi connectivity index (χ2n) is 2.14. The van der Waals surface area contributed by atoms with Gasteiger partial charge in [-0.2, -0.15) is 8.78 Å². The number of hydrogen-bond acceptors (Lipinski definition) is 4. The fourth-order valence-electron chi connectivity index (χ4n) is 0.681. The third kappa shape index (κ3) is 1.77. The van der Waals surface area contributed by atoms with Crippen molar-refractivity contribution in [2.75, 3.05) is 7.11 Å². The Morgan fingerprint density at radius 3 is 2.46 bits per heavy atom. The van der Waals surface area contributed by atoms with Crippen LogP contribution in [-0.4, -0.2) is 23.0 Å². The molecule has 0 aliphatic rings. The van der Waals surface area contributed by atoms with Crippen molar-refractivity contribution in [3.05, 3.63) is 24.3 Å². The van der Waals surface area contributed by atoms with Crippen LogP contribution in [0.4, 0.5) is 8.78 Å². The molecule has 1 aromatic heterocycles. The first-order valence-corrected chi connectivity index (χ1v) is 3.32. The number of carbonyl (C=O) groups is 1. The van der Waals surface area contributed by atoms with Crippen molar-refractivity contribution < 1.29 is 18.3 Å². The molecule has 0 bridgehead atoms. The summed E-state index contributed by atoms with van der Waals surface area (Å²) in [7, 11) is 0.874. The van der Waals surface area contributed by atoms with Crippen molar-refractivity contribution in [3.8, 4) is 0 Å². The Kier molecular flexibility index (Phi) is 2.50. The molecule has 1 rings (SSSR count). The summed E-state index contributed by atoms with van der Waals surface area (Å²) in [5, 5.41) is 0. The van der Waals surface area contributed by atoms with Crippen molar-refractivity contribution in [1.29, 1.82) is 0 Å². The average molecular weight is 188 g/mol. The van der Waals surface area contributed by atoms with Crippen LogP contribution in [0.5, 0.6) is 0 Å². The number of rotatable bonds is 2. The van der Waals surface area contributed by atoms with Crippen LogP contribution in [-0.2, 0) is 15.5 Å². The van der Waals surface area contributed by atoms with E-state index < -0.39 is 17.7 Å². The quantitative estimate of drug-likeness (QED) is 0.642. The van der Waals surface area contributed by atoms with Gasteiger partial charge in [0, 0.05) is 12.4 Å². The topological polar surface area (TPSA) is 52.1 Å². The summed E-state index contributed by atoms with van der Waals surface area (Å²) in [5.41, 5.74) is 0. The number of ether oxygens (including phenoxy) is 1. The number of halogens is 2. The predicted molar refractivity (Wildman–Crippen MR) is 37.9 cm³/mol. The molecule has 13 heavy (non-hydrogen) atoms. The van der Waals surface area contributed by atoms with Crippen LogP contribution in [0.3, 0.4) is 0 Å². The Morgan fingerprint density at radius 2 is 2.00 bits per heavy atom. The highest BCUT2D eigenvalue weighted by Gasteiger charge is 2.45. The van der Waals surface area contributed by atoms with Gasteiger partial charge in [-0.1, -0.05) is 0 Å². The largest absolute Gasteiger partial charge is 0.464 e. The smallest absolute Gasteiger partial charge is 0.401 e. The van der Waals surface area contributed by atoms with E-state index in [9.17, 15) is 13.6 Å². The lowest BCUT2D eigenvalue weighted by Gasteiger charge is -2.10. The summed E-state index contributed by atoms with van der Waals surface area (Å²) in [6.45, 7) is 0. The summed E-state index contributed by atoms with van der Waals surface area (Å²) in [5.74, 6) is -6.31. The third-order valence-electron chi connectivity index (χ3n) is 1.29. The van der Waals surface area contributed by atoms with Crippen LogP contribution in [0.15, 0.2) is 18.5 Å². The van der Waals surface area contributed by atoms with Gasteiger partial charge in [-0.25, -0.2) is 14.8 Å². The second-order valence-corrected chi connectivity index (χ2v) is 2.14. The minimum Gasteiger partial charge on any atom is -0.464 e. The number of methoxy groups -OCH3 is 1. The minimum atomic E-state index is -3.78. The van der Waals surface area contributed by atoms with Gasteiger partial charge in [0.05, 0.1) is 7.11 Å². The Hall–Kier alpha value is -1.59. The normalized spacial score (nSPS) is 11.0. The molecule has 70 valence electrons. The predicted octanol–water partition coefficient (Wildman–Crippen LogP) is 0.741. The molecule has 0 aromatic carbocycles. The van der Waals surface area contributed by atoms with Gasteiger partial charge in [-0.05, 0) is 6.07 Å². The maximum Gasteiger partial charge on any atom is 0.401 e. The first kappa shape index (κ1) is 9.50. The molecule has 0 N–H and O–H groups in total. The van der Waals surface area contributed by atoms with Crippen LogP contribution < -0.4 is 0 Å². The van der Waals surface area contributed by atoms with Crippen LogP contribution in [0.25, 0.3) is 0 Å². The molecule has 0 aliphatic heterocycles. The summed E-state index contributed by atoms with van der Waals surface area (Å²) in [4.78, 5) is 17.1. The van der Waals surface area contributed by atoms with Crippen molar-refractivity contribution in [2.24, 2.45) is 0 Å². The van der Waals surface area contributed by atoms with E-state index in [0.29, 0.717) is 0 Å². The van der Waals surface area contributed by atoms with E-state index in [4.69, 9.17) is 0 Å². The lowest BCUT2D eigenvalue weighted by molar-refractivity contribution is -0.171. The maximum atomic E-state index is 13.0. The molecule has 1 aromatic rings. The van der Waals surface area contributed by atoms with Gasteiger partial charge in [-0.15, -0.1) is 0 Å². The fourth-order valence-corrected chi connectivity index (χ4v) is 0.681. The van der Waals surface area contributed by atoms with E-state index in [2.05, 4.69) is 14.7 Å². The zero-order chi connectivity index (χ0) is 9.90. The third-order valence-corrected chi connectivity index (χ3v) is 1.29. The van der Waals surface area contributed by atoms with Crippen LogP contribution in [0.1, 0.15) is 5.82 Å². The molecular formula is C7H6F2N2O2. The number of carbonyl (C=O) groups excluding carboxylic acids is 1. The second kappa shape index (κ2) is 3.42. The lowest BCUT2D eigenvalue weighted by atomic mass is 10.3. The SMILES string of the molecule is COC(=O)C(F)(F)c1ncccn1. The molecule has 6 heteroatoms. The highest BCUT2D eigenvalue weighted by molar-refractivity contribution is 5.77. The Labute approximate surface area is 72.6 Å². The molecular weight excluding hydrogens is 182 g/mol. The van der Waals surface area contributed by atoms with Gasteiger partial charge in [0.2, 0.25) is 5.82 Å². The van der Waals surface area contributed by atoms with Gasteiger partial charge in [-0.3, -0.25) is 0 Å². The first-order valence-electron chi connectivity index (χ1n) is 3.32. The highest BCUT2D eigenvalue weighted by atomic mass is 19.3. The van der Waals surface area contributed by atoms with Crippen molar-refractivity contribution in [2.45, 2.75) is 5.92 Å². The fraction of sp³-hybridized carbons (Fsp3) is 0.286. The van der Waals surface area contributed by atoms with Crippen LogP contribution >= 0.6 is 0 Å². The van der Waals surface area contributed by atoms with E-state index >= 15 is 0 Å². The summed E-state index contributed by atoms with van der Waals surface area (Å²) in [6.07, 6.45) is 2.25. The molecule has 0 spiro atoms. The van der Waals surface area contributed by atoms with Gasteiger partial charge in [0.1, 0.15) is 0 Å². The van der Waals surface area contributed by atoms with Crippen LogP contribution in [0, 0.1) is 0 Å². The van der Waals surface area contributed by atoms with Crippen molar-refractivity contribution in [1.82, 2.24) is 9.97 Å². The number of hydrogen-bond donors (Lipinski definition) is 0.